The molecule has 2 aromatic heterocycles. The molecule has 0 unspecified atom stereocenters. The van der Waals surface area contributed by atoms with E-state index < -0.39 is 5.82 Å². The SMILES string of the molecule is Cl.Cl.Fc1ccc(-c2ccc(CNCCCn3ccnc3)o2)cc1Cl. The Morgan fingerprint density at radius 3 is 2.76 bits per heavy atom. The maximum Gasteiger partial charge on any atom is 0.141 e. The molecular formula is C17H19Cl3FN3O. The van der Waals surface area contributed by atoms with Gasteiger partial charge in [0.1, 0.15) is 17.3 Å². The van der Waals surface area contributed by atoms with Crippen molar-refractivity contribution in [2.45, 2.75) is 19.5 Å². The maximum atomic E-state index is 13.2. The molecular weight excluding hydrogens is 388 g/mol. The zero-order valence-corrected chi connectivity index (χ0v) is 15.7. The summed E-state index contributed by atoms with van der Waals surface area (Å²) >= 11 is 5.80. The average molecular weight is 407 g/mol. The summed E-state index contributed by atoms with van der Waals surface area (Å²) in [6.45, 7) is 2.47. The Morgan fingerprint density at radius 1 is 1.20 bits per heavy atom. The fourth-order valence-corrected chi connectivity index (χ4v) is 2.48. The van der Waals surface area contributed by atoms with E-state index in [4.69, 9.17) is 16.0 Å². The molecule has 25 heavy (non-hydrogen) atoms. The first-order valence-electron chi connectivity index (χ1n) is 7.43. The predicted molar refractivity (Wildman–Crippen MR) is 102 cm³/mol. The van der Waals surface area contributed by atoms with E-state index in [0.29, 0.717) is 12.3 Å². The summed E-state index contributed by atoms with van der Waals surface area (Å²) in [6.07, 6.45) is 6.55. The lowest BCUT2D eigenvalue weighted by Gasteiger charge is -2.04. The van der Waals surface area contributed by atoms with Gasteiger partial charge < -0.3 is 14.3 Å². The first-order chi connectivity index (χ1) is 11.2. The Bertz CT molecular complexity index is 762. The van der Waals surface area contributed by atoms with E-state index in [1.807, 2.05) is 29.2 Å². The number of hydrogen-bond donors (Lipinski definition) is 1. The van der Waals surface area contributed by atoms with Gasteiger partial charge in [-0.25, -0.2) is 9.37 Å². The van der Waals surface area contributed by atoms with E-state index in [-0.39, 0.29) is 29.8 Å². The van der Waals surface area contributed by atoms with Crippen molar-refractivity contribution in [3.63, 3.8) is 0 Å². The van der Waals surface area contributed by atoms with E-state index in [1.54, 1.807) is 18.3 Å². The smallest absolute Gasteiger partial charge is 0.141 e. The lowest BCUT2D eigenvalue weighted by molar-refractivity contribution is 0.484. The minimum Gasteiger partial charge on any atom is -0.460 e. The highest BCUT2D eigenvalue weighted by Crippen LogP contribution is 2.26. The second kappa shape index (κ2) is 10.5. The number of aromatic nitrogens is 2. The summed E-state index contributed by atoms with van der Waals surface area (Å²) < 4.78 is 21.0. The van der Waals surface area contributed by atoms with Crippen LogP contribution in [0.4, 0.5) is 4.39 Å². The van der Waals surface area contributed by atoms with Gasteiger partial charge in [0.2, 0.25) is 0 Å². The molecule has 0 bridgehead atoms. The van der Waals surface area contributed by atoms with Crippen molar-refractivity contribution in [3.05, 3.63) is 65.7 Å². The summed E-state index contributed by atoms with van der Waals surface area (Å²) in [5.74, 6) is 1.09. The Hall–Kier alpha value is -1.53. The molecule has 8 heteroatoms. The van der Waals surface area contributed by atoms with Crippen LogP contribution in [0.1, 0.15) is 12.2 Å². The molecule has 2 heterocycles. The Kier molecular flexibility index (Phi) is 9.00. The lowest BCUT2D eigenvalue weighted by Crippen LogP contribution is -2.15. The number of halogens is 4. The van der Waals surface area contributed by atoms with Crippen LogP contribution in [0.25, 0.3) is 11.3 Å². The van der Waals surface area contributed by atoms with E-state index >= 15 is 0 Å². The van der Waals surface area contributed by atoms with Gasteiger partial charge in [0.15, 0.2) is 0 Å². The standard InChI is InChI=1S/C17H17ClFN3O.2ClH/c18-15-10-13(2-4-16(15)19)17-5-3-14(23-17)11-20-6-1-8-22-9-7-21-12-22;;/h2-5,7,9-10,12,20H,1,6,8,11H2;2*1H. The number of nitrogens with zero attached hydrogens (tertiary/aromatic N) is 2. The van der Waals surface area contributed by atoms with Gasteiger partial charge in [-0.15, -0.1) is 24.8 Å². The maximum absolute atomic E-state index is 13.2. The van der Waals surface area contributed by atoms with E-state index in [0.717, 1.165) is 30.8 Å². The number of imidazole rings is 1. The third-order valence-corrected chi connectivity index (χ3v) is 3.78. The summed E-state index contributed by atoms with van der Waals surface area (Å²) in [7, 11) is 0. The van der Waals surface area contributed by atoms with E-state index in [2.05, 4.69) is 10.3 Å². The number of hydrogen-bond acceptors (Lipinski definition) is 3. The van der Waals surface area contributed by atoms with Crippen molar-refractivity contribution in [1.29, 1.82) is 0 Å². The lowest BCUT2D eigenvalue weighted by atomic mass is 10.2. The van der Waals surface area contributed by atoms with Gasteiger partial charge in [-0.3, -0.25) is 0 Å². The van der Waals surface area contributed by atoms with Gasteiger partial charge in [0, 0.05) is 24.5 Å². The van der Waals surface area contributed by atoms with Crippen LogP contribution >= 0.6 is 36.4 Å². The molecule has 3 aromatic rings. The highest BCUT2D eigenvalue weighted by molar-refractivity contribution is 6.31. The summed E-state index contributed by atoms with van der Waals surface area (Å²) in [5.41, 5.74) is 0.766. The molecule has 3 rings (SSSR count). The summed E-state index contributed by atoms with van der Waals surface area (Å²) in [6, 6.07) is 8.34. The molecule has 0 saturated carbocycles. The monoisotopic (exact) mass is 405 g/mol. The number of rotatable bonds is 7. The molecule has 0 amide bonds. The minimum absolute atomic E-state index is 0. The van der Waals surface area contributed by atoms with Crippen LogP contribution in [0.3, 0.4) is 0 Å². The van der Waals surface area contributed by atoms with Gasteiger partial charge in [-0.2, -0.15) is 0 Å². The fraction of sp³-hybridized carbons (Fsp3) is 0.235. The summed E-state index contributed by atoms with van der Waals surface area (Å²) in [4.78, 5) is 4.01. The van der Waals surface area contributed by atoms with Crippen LogP contribution in [0.2, 0.25) is 5.02 Å². The minimum atomic E-state index is -0.429. The quantitative estimate of drug-likeness (QED) is 0.564. The van der Waals surface area contributed by atoms with Crippen molar-refractivity contribution in [1.82, 2.24) is 14.9 Å². The molecule has 0 saturated heterocycles. The first kappa shape index (κ1) is 21.5. The van der Waals surface area contributed by atoms with Gasteiger partial charge in [-0.1, -0.05) is 11.6 Å². The highest BCUT2D eigenvalue weighted by atomic mass is 35.5. The zero-order chi connectivity index (χ0) is 16.1. The second-order valence-corrected chi connectivity index (χ2v) is 5.63. The van der Waals surface area contributed by atoms with Crippen molar-refractivity contribution in [3.8, 4) is 11.3 Å². The first-order valence-corrected chi connectivity index (χ1v) is 7.81. The van der Waals surface area contributed by atoms with Crippen LogP contribution in [0.15, 0.2) is 53.5 Å². The molecule has 0 fully saturated rings. The van der Waals surface area contributed by atoms with Gasteiger partial charge in [-0.05, 0) is 43.3 Å². The molecule has 0 aliphatic heterocycles. The van der Waals surface area contributed by atoms with Crippen LogP contribution in [0.5, 0.6) is 0 Å². The Balaban J connectivity index is 0.00000156. The third kappa shape index (κ3) is 6.04. The van der Waals surface area contributed by atoms with Gasteiger partial charge in [0.05, 0.1) is 17.9 Å². The molecule has 0 atom stereocenters. The highest BCUT2D eigenvalue weighted by Gasteiger charge is 2.07. The number of aryl methyl sites for hydroxylation is 1. The average Bonchev–Trinajstić information content (AvgIpc) is 3.21. The van der Waals surface area contributed by atoms with Crippen LogP contribution in [-0.4, -0.2) is 16.1 Å². The van der Waals surface area contributed by atoms with Crippen molar-refractivity contribution < 1.29 is 8.81 Å². The third-order valence-electron chi connectivity index (χ3n) is 3.49. The molecule has 0 radical (unpaired) electrons. The van der Waals surface area contributed by atoms with Crippen molar-refractivity contribution in [2.24, 2.45) is 0 Å². The molecule has 1 aromatic carbocycles. The topological polar surface area (TPSA) is 43.0 Å². The molecule has 1 N–H and O–H groups in total. The summed E-state index contributed by atoms with van der Waals surface area (Å²) in [5, 5.41) is 3.43. The zero-order valence-electron chi connectivity index (χ0n) is 13.3. The van der Waals surface area contributed by atoms with Crippen molar-refractivity contribution >= 4 is 36.4 Å². The normalized spacial score (nSPS) is 10.2. The van der Waals surface area contributed by atoms with Crippen LogP contribution in [0, 0.1) is 5.82 Å². The fourth-order valence-electron chi connectivity index (χ4n) is 2.29. The van der Waals surface area contributed by atoms with Crippen molar-refractivity contribution in [2.75, 3.05) is 6.54 Å². The molecule has 4 nitrogen and oxygen atoms in total. The largest absolute Gasteiger partial charge is 0.460 e. The molecule has 0 aliphatic carbocycles. The van der Waals surface area contributed by atoms with E-state index in [1.165, 1.54) is 6.07 Å². The molecule has 0 aliphatic rings. The number of nitrogens with one attached hydrogen (secondary N) is 1. The molecule has 0 spiro atoms. The predicted octanol–water partition coefficient (Wildman–Crippen LogP) is 4.96. The Morgan fingerprint density at radius 2 is 2.04 bits per heavy atom. The van der Waals surface area contributed by atoms with Crippen LogP contribution in [-0.2, 0) is 13.1 Å². The van der Waals surface area contributed by atoms with Gasteiger partial charge in [0.25, 0.3) is 0 Å². The number of furan rings is 1. The second-order valence-electron chi connectivity index (χ2n) is 5.23. The number of benzene rings is 1. The van der Waals surface area contributed by atoms with Gasteiger partial charge >= 0.3 is 0 Å². The van der Waals surface area contributed by atoms with E-state index in [9.17, 15) is 4.39 Å². The molecule has 136 valence electrons. The van der Waals surface area contributed by atoms with Crippen LogP contribution < -0.4 is 5.32 Å². The Labute approximate surface area is 163 Å².